The van der Waals surface area contributed by atoms with E-state index in [0.717, 1.165) is 28.7 Å². The molecule has 0 radical (unpaired) electrons. The maximum Gasteiger partial charge on any atom is 0.262 e. The molecule has 1 heterocycles. The van der Waals surface area contributed by atoms with Gasteiger partial charge in [-0.25, -0.2) is 5.43 Å². The third-order valence-electron chi connectivity index (χ3n) is 6.74. The van der Waals surface area contributed by atoms with Gasteiger partial charge in [0, 0.05) is 33.7 Å². The quantitative estimate of drug-likeness (QED) is 0.149. The summed E-state index contributed by atoms with van der Waals surface area (Å²) in [5, 5.41) is 8.88. The van der Waals surface area contributed by atoms with Crippen molar-refractivity contribution in [2.45, 2.75) is 52.8 Å². The van der Waals surface area contributed by atoms with Gasteiger partial charge in [0.2, 0.25) is 0 Å². The van der Waals surface area contributed by atoms with Crippen LogP contribution in [0, 0.1) is 12.8 Å². The van der Waals surface area contributed by atoms with E-state index in [0.29, 0.717) is 22.2 Å². The Morgan fingerprint density at radius 3 is 2.39 bits per heavy atom. The molecule has 7 nitrogen and oxygen atoms in total. The zero-order chi connectivity index (χ0) is 29.5. The smallest absolute Gasteiger partial charge is 0.262 e. The maximum atomic E-state index is 13.2. The first-order valence-electron chi connectivity index (χ1n) is 13.5. The molecule has 0 spiro atoms. The number of carbonyl (C=O) groups is 2. The standard InChI is InChI=1S/C32H34Cl2N4O3/c1-20(2)16-28(36-31(39)22(4)41-30-15-14-24(33)17-27(30)34)32(40)37-35-18-26-21(3)38(19-23-10-6-5-7-11-23)29-13-9-8-12-25(26)29/h5-15,17-18,20,22,28H,16,19H2,1-4H3,(H,36,39)(H,37,40)/b35-18-/t22-,28+/m1/s1. The molecule has 0 saturated heterocycles. The van der Waals surface area contributed by atoms with Crippen LogP contribution < -0.4 is 15.5 Å². The highest BCUT2D eigenvalue weighted by Crippen LogP contribution is 2.28. The Labute approximate surface area is 250 Å². The van der Waals surface area contributed by atoms with Gasteiger partial charge in [-0.3, -0.25) is 9.59 Å². The van der Waals surface area contributed by atoms with Gasteiger partial charge in [-0.15, -0.1) is 0 Å². The normalized spacial score (nSPS) is 13.0. The Morgan fingerprint density at radius 2 is 1.68 bits per heavy atom. The Morgan fingerprint density at radius 1 is 0.976 bits per heavy atom. The molecule has 2 N–H and O–H groups in total. The van der Waals surface area contributed by atoms with Crippen LogP contribution in [0.3, 0.4) is 0 Å². The van der Waals surface area contributed by atoms with E-state index in [9.17, 15) is 9.59 Å². The predicted molar refractivity (Wildman–Crippen MR) is 166 cm³/mol. The predicted octanol–water partition coefficient (Wildman–Crippen LogP) is 6.75. The van der Waals surface area contributed by atoms with Gasteiger partial charge in [0.05, 0.1) is 11.2 Å². The molecule has 0 aliphatic heterocycles. The number of para-hydroxylation sites is 1. The SMILES string of the molecule is Cc1c(/C=N\NC(=O)[C@H](CC(C)C)NC(=O)[C@@H](C)Oc2ccc(Cl)cc2Cl)c2ccccc2n1Cc1ccccc1. The summed E-state index contributed by atoms with van der Waals surface area (Å²) >= 11 is 12.1. The lowest BCUT2D eigenvalue weighted by molar-refractivity contribution is -0.132. The highest BCUT2D eigenvalue weighted by molar-refractivity contribution is 6.35. The number of fused-ring (bicyclic) bond motifs is 1. The van der Waals surface area contributed by atoms with E-state index < -0.39 is 24.0 Å². The molecular formula is C32H34Cl2N4O3. The molecule has 1 aromatic heterocycles. The van der Waals surface area contributed by atoms with E-state index in [1.54, 1.807) is 25.3 Å². The molecule has 4 aromatic rings. The number of halogens is 2. The Bertz CT molecular complexity index is 1550. The minimum Gasteiger partial charge on any atom is -0.479 e. The van der Waals surface area contributed by atoms with Crippen LogP contribution in [-0.2, 0) is 16.1 Å². The highest BCUT2D eigenvalue weighted by Gasteiger charge is 2.25. The molecule has 0 saturated carbocycles. The van der Waals surface area contributed by atoms with Crippen molar-refractivity contribution in [1.82, 2.24) is 15.3 Å². The van der Waals surface area contributed by atoms with Crippen LogP contribution in [0.15, 0.2) is 77.9 Å². The molecule has 214 valence electrons. The van der Waals surface area contributed by atoms with Crippen LogP contribution in [0.25, 0.3) is 10.9 Å². The second-order valence-electron chi connectivity index (χ2n) is 10.3. The first-order chi connectivity index (χ1) is 19.6. The molecule has 0 aliphatic rings. The molecule has 0 aliphatic carbocycles. The fraction of sp³-hybridized carbons (Fsp3) is 0.281. The van der Waals surface area contributed by atoms with Crippen LogP contribution in [0.4, 0.5) is 0 Å². The van der Waals surface area contributed by atoms with Gasteiger partial charge in [-0.1, -0.05) is 85.6 Å². The van der Waals surface area contributed by atoms with Gasteiger partial charge in [-0.05, 0) is 56.0 Å². The number of hydrogen-bond acceptors (Lipinski definition) is 4. The minimum absolute atomic E-state index is 0.148. The average Bonchev–Trinajstić information content (AvgIpc) is 3.20. The highest BCUT2D eigenvalue weighted by atomic mass is 35.5. The molecule has 0 bridgehead atoms. The zero-order valence-electron chi connectivity index (χ0n) is 23.5. The Kier molecular flexibility index (Phi) is 10.1. The van der Waals surface area contributed by atoms with Gasteiger partial charge in [0.15, 0.2) is 6.10 Å². The monoisotopic (exact) mass is 592 g/mol. The molecule has 0 unspecified atom stereocenters. The Balaban J connectivity index is 1.47. The first kappa shape index (κ1) is 30.2. The molecule has 4 rings (SSSR count). The lowest BCUT2D eigenvalue weighted by atomic mass is 10.0. The number of amides is 2. The average molecular weight is 594 g/mol. The number of ether oxygens (including phenoxy) is 1. The van der Waals surface area contributed by atoms with Crippen molar-refractivity contribution in [3.63, 3.8) is 0 Å². The molecule has 9 heteroatoms. The molecule has 3 aromatic carbocycles. The van der Waals surface area contributed by atoms with Crippen LogP contribution in [0.5, 0.6) is 5.75 Å². The number of hydrogen-bond donors (Lipinski definition) is 2. The van der Waals surface area contributed by atoms with E-state index in [4.69, 9.17) is 27.9 Å². The first-order valence-corrected chi connectivity index (χ1v) is 14.3. The van der Waals surface area contributed by atoms with Crippen molar-refractivity contribution < 1.29 is 14.3 Å². The molecule has 41 heavy (non-hydrogen) atoms. The van der Waals surface area contributed by atoms with Gasteiger partial charge in [-0.2, -0.15) is 5.10 Å². The van der Waals surface area contributed by atoms with Gasteiger partial charge < -0.3 is 14.6 Å². The van der Waals surface area contributed by atoms with Gasteiger partial charge in [0.25, 0.3) is 11.8 Å². The summed E-state index contributed by atoms with van der Waals surface area (Å²) in [5.74, 6) is -0.378. The molecular weight excluding hydrogens is 559 g/mol. The topological polar surface area (TPSA) is 84.7 Å². The van der Waals surface area contributed by atoms with Crippen molar-refractivity contribution in [3.05, 3.63) is 99.7 Å². The number of nitrogens with zero attached hydrogens (tertiary/aromatic N) is 2. The lowest BCUT2D eigenvalue weighted by Gasteiger charge is -2.22. The van der Waals surface area contributed by atoms with E-state index >= 15 is 0 Å². The largest absolute Gasteiger partial charge is 0.479 e. The van der Waals surface area contributed by atoms with E-state index in [1.807, 2.05) is 57.2 Å². The summed E-state index contributed by atoms with van der Waals surface area (Å²) in [7, 11) is 0. The zero-order valence-corrected chi connectivity index (χ0v) is 25.0. The fourth-order valence-electron chi connectivity index (χ4n) is 4.64. The summed E-state index contributed by atoms with van der Waals surface area (Å²) in [6.45, 7) is 8.32. The van der Waals surface area contributed by atoms with E-state index in [1.165, 1.54) is 11.6 Å². The van der Waals surface area contributed by atoms with Crippen LogP contribution in [0.1, 0.15) is 44.0 Å². The summed E-state index contributed by atoms with van der Waals surface area (Å²) < 4.78 is 7.96. The van der Waals surface area contributed by atoms with Crippen molar-refractivity contribution in [3.8, 4) is 5.75 Å². The Hall–Kier alpha value is -3.81. The number of nitrogens with one attached hydrogen (secondary N) is 2. The van der Waals surface area contributed by atoms with Crippen molar-refractivity contribution in [1.29, 1.82) is 0 Å². The summed E-state index contributed by atoms with van der Waals surface area (Å²) in [6, 6.07) is 22.3. The van der Waals surface area contributed by atoms with Crippen LogP contribution >= 0.6 is 23.2 Å². The second-order valence-corrected chi connectivity index (χ2v) is 11.2. The molecule has 2 atom stereocenters. The van der Waals surface area contributed by atoms with Crippen LogP contribution in [0.2, 0.25) is 10.0 Å². The molecule has 0 fully saturated rings. The van der Waals surface area contributed by atoms with E-state index in [2.05, 4.69) is 38.6 Å². The summed E-state index contributed by atoms with van der Waals surface area (Å²) in [6.07, 6.45) is 1.20. The summed E-state index contributed by atoms with van der Waals surface area (Å²) in [4.78, 5) is 26.1. The number of rotatable bonds is 11. The lowest BCUT2D eigenvalue weighted by Crippen LogP contribution is -2.49. The van der Waals surface area contributed by atoms with Crippen molar-refractivity contribution in [2.24, 2.45) is 11.0 Å². The minimum atomic E-state index is -0.891. The maximum absolute atomic E-state index is 13.2. The number of benzene rings is 3. The molecule has 2 amide bonds. The summed E-state index contributed by atoms with van der Waals surface area (Å²) in [5.41, 5.74) is 6.86. The third-order valence-corrected chi connectivity index (χ3v) is 7.27. The van der Waals surface area contributed by atoms with Gasteiger partial charge in [0.1, 0.15) is 11.8 Å². The second kappa shape index (κ2) is 13.7. The number of aromatic nitrogens is 1. The third kappa shape index (κ3) is 7.69. The van der Waals surface area contributed by atoms with Crippen molar-refractivity contribution >= 4 is 52.1 Å². The van der Waals surface area contributed by atoms with E-state index in [-0.39, 0.29) is 5.92 Å². The van der Waals surface area contributed by atoms with Gasteiger partial charge >= 0.3 is 0 Å². The fourth-order valence-corrected chi connectivity index (χ4v) is 5.09. The van der Waals surface area contributed by atoms with Crippen molar-refractivity contribution in [2.75, 3.05) is 0 Å². The number of hydrazone groups is 1. The number of carbonyl (C=O) groups excluding carboxylic acids is 2. The van der Waals surface area contributed by atoms with Crippen LogP contribution in [-0.4, -0.2) is 34.7 Å².